The van der Waals surface area contributed by atoms with Crippen LogP contribution in [-0.4, -0.2) is 41.7 Å². The summed E-state index contributed by atoms with van der Waals surface area (Å²) >= 11 is 0. The predicted octanol–water partition coefficient (Wildman–Crippen LogP) is 4.36. The number of rotatable bonds is 9. The maximum absolute atomic E-state index is 12.5. The zero-order chi connectivity index (χ0) is 23.0. The molecule has 0 aliphatic rings. The van der Waals surface area contributed by atoms with Gasteiger partial charge in [-0.25, -0.2) is 9.97 Å². The maximum atomic E-state index is 12.5. The molecular weight excluding hydrogens is 420 g/mol. The van der Waals surface area contributed by atoms with E-state index in [4.69, 9.17) is 14.2 Å². The van der Waals surface area contributed by atoms with E-state index in [-0.39, 0.29) is 5.91 Å². The molecule has 168 valence electrons. The minimum Gasteiger partial charge on any atom is -0.493 e. The Morgan fingerprint density at radius 1 is 1.00 bits per heavy atom. The van der Waals surface area contributed by atoms with E-state index in [1.54, 1.807) is 32.5 Å². The molecule has 0 atom stereocenters. The largest absolute Gasteiger partial charge is 0.493 e. The second-order valence-electron chi connectivity index (χ2n) is 7.15. The van der Waals surface area contributed by atoms with Crippen molar-refractivity contribution in [2.75, 3.05) is 26.1 Å². The lowest BCUT2D eigenvalue weighted by molar-refractivity contribution is 0.102. The van der Waals surface area contributed by atoms with Crippen molar-refractivity contribution >= 4 is 11.7 Å². The standard InChI is InChI=1S/C25H24N4O4/c1-31-21-10-9-17(13-22(21)32-2)11-12-33-24-8-4-7-20(28-24)18-5-3-6-19(14-18)25(30)29-23-15-26-16-27-23/h3-10,13-16H,11-12H2,1-2H3,(H,26,27)(H,29,30). The van der Waals surface area contributed by atoms with Crippen LogP contribution in [0.2, 0.25) is 0 Å². The number of hydrogen-bond donors (Lipinski definition) is 2. The smallest absolute Gasteiger partial charge is 0.256 e. The molecule has 0 bridgehead atoms. The van der Waals surface area contributed by atoms with Gasteiger partial charge in [0.05, 0.1) is 39.0 Å². The van der Waals surface area contributed by atoms with Gasteiger partial charge in [-0.05, 0) is 35.9 Å². The lowest BCUT2D eigenvalue weighted by Gasteiger charge is -2.11. The van der Waals surface area contributed by atoms with E-state index in [0.29, 0.717) is 41.8 Å². The highest BCUT2D eigenvalue weighted by atomic mass is 16.5. The summed E-state index contributed by atoms with van der Waals surface area (Å²) in [7, 11) is 3.23. The quantitative estimate of drug-likeness (QED) is 0.398. The van der Waals surface area contributed by atoms with Gasteiger partial charge >= 0.3 is 0 Å². The summed E-state index contributed by atoms with van der Waals surface area (Å²) < 4.78 is 16.5. The number of pyridine rings is 1. The molecule has 2 heterocycles. The highest BCUT2D eigenvalue weighted by Gasteiger charge is 2.10. The molecular formula is C25H24N4O4. The fourth-order valence-electron chi connectivity index (χ4n) is 3.30. The van der Waals surface area contributed by atoms with Crippen molar-refractivity contribution < 1.29 is 19.0 Å². The van der Waals surface area contributed by atoms with Gasteiger partial charge in [0, 0.05) is 23.6 Å². The molecule has 0 unspecified atom stereocenters. The number of anilines is 1. The third-order valence-corrected chi connectivity index (χ3v) is 4.98. The number of hydrogen-bond acceptors (Lipinski definition) is 6. The van der Waals surface area contributed by atoms with Crippen LogP contribution in [-0.2, 0) is 6.42 Å². The molecule has 1 amide bonds. The van der Waals surface area contributed by atoms with Crippen LogP contribution < -0.4 is 19.5 Å². The van der Waals surface area contributed by atoms with E-state index < -0.39 is 0 Å². The number of nitrogens with zero attached hydrogens (tertiary/aromatic N) is 2. The summed E-state index contributed by atoms with van der Waals surface area (Å²) in [5.74, 6) is 2.20. The van der Waals surface area contributed by atoms with Crippen molar-refractivity contribution in [3.05, 3.63) is 84.3 Å². The van der Waals surface area contributed by atoms with Gasteiger partial charge in [0.15, 0.2) is 11.5 Å². The highest BCUT2D eigenvalue weighted by molar-refractivity contribution is 6.04. The molecule has 0 saturated heterocycles. The third kappa shape index (κ3) is 5.48. The van der Waals surface area contributed by atoms with E-state index in [2.05, 4.69) is 20.3 Å². The molecule has 0 radical (unpaired) electrons. The summed E-state index contributed by atoms with van der Waals surface area (Å²) in [6.07, 6.45) is 3.74. The summed E-state index contributed by atoms with van der Waals surface area (Å²) in [4.78, 5) is 23.8. The number of H-pyrrole nitrogens is 1. The molecule has 0 spiro atoms. The summed E-state index contributed by atoms with van der Waals surface area (Å²) in [6, 6.07) is 18.6. The molecule has 0 fully saturated rings. The number of aromatic amines is 1. The van der Waals surface area contributed by atoms with Crippen LogP contribution in [0.15, 0.2) is 73.2 Å². The lowest BCUT2D eigenvalue weighted by atomic mass is 10.1. The van der Waals surface area contributed by atoms with Gasteiger partial charge < -0.3 is 24.5 Å². The fourth-order valence-corrected chi connectivity index (χ4v) is 3.30. The van der Waals surface area contributed by atoms with Crippen LogP contribution in [0.1, 0.15) is 15.9 Å². The molecule has 2 aromatic heterocycles. The summed E-state index contributed by atoms with van der Waals surface area (Å²) in [5.41, 5.74) is 3.12. The lowest BCUT2D eigenvalue weighted by Crippen LogP contribution is -2.12. The monoisotopic (exact) mass is 444 g/mol. The fraction of sp³-hybridized carbons (Fsp3) is 0.160. The first kappa shape index (κ1) is 21.9. The first-order chi connectivity index (χ1) is 16.2. The first-order valence-electron chi connectivity index (χ1n) is 10.4. The minimum absolute atomic E-state index is 0.233. The Bertz CT molecular complexity index is 1220. The van der Waals surface area contributed by atoms with E-state index >= 15 is 0 Å². The number of ether oxygens (including phenoxy) is 3. The number of benzene rings is 2. The van der Waals surface area contributed by atoms with Gasteiger partial charge in [0.25, 0.3) is 5.91 Å². The van der Waals surface area contributed by atoms with E-state index in [1.807, 2.05) is 48.5 Å². The Morgan fingerprint density at radius 2 is 1.85 bits per heavy atom. The summed E-state index contributed by atoms with van der Waals surface area (Å²) in [5, 5.41) is 2.77. The number of imidazole rings is 1. The molecule has 0 saturated carbocycles. The van der Waals surface area contributed by atoms with Crippen molar-refractivity contribution in [2.24, 2.45) is 0 Å². The second-order valence-corrected chi connectivity index (χ2v) is 7.15. The van der Waals surface area contributed by atoms with Gasteiger partial charge in [-0.1, -0.05) is 24.3 Å². The van der Waals surface area contributed by atoms with E-state index in [9.17, 15) is 4.79 Å². The van der Waals surface area contributed by atoms with Crippen LogP contribution in [0.3, 0.4) is 0 Å². The number of nitrogens with one attached hydrogen (secondary N) is 2. The van der Waals surface area contributed by atoms with Gasteiger partial charge in [0.1, 0.15) is 5.82 Å². The van der Waals surface area contributed by atoms with Crippen molar-refractivity contribution in [1.29, 1.82) is 0 Å². The molecule has 2 N–H and O–H groups in total. The van der Waals surface area contributed by atoms with Crippen LogP contribution >= 0.6 is 0 Å². The molecule has 4 aromatic rings. The van der Waals surface area contributed by atoms with E-state index in [1.165, 1.54) is 6.33 Å². The van der Waals surface area contributed by atoms with Crippen LogP contribution in [0.25, 0.3) is 11.3 Å². The normalized spacial score (nSPS) is 10.5. The van der Waals surface area contributed by atoms with Crippen molar-refractivity contribution in [3.8, 4) is 28.6 Å². The van der Waals surface area contributed by atoms with Gasteiger partial charge in [-0.2, -0.15) is 0 Å². The molecule has 0 aliphatic heterocycles. The maximum Gasteiger partial charge on any atom is 0.256 e. The Labute approximate surface area is 191 Å². The Balaban J connectivity index is 1.41. The molecule has 8 nitrogen and oxygen atoms in total. The van der Waals surface area contributed by atoms with Crippen LogP contribution in [0, 0.1) is 0 Å². The number of methoxy groups -OCH3 is 2. The van der Waals surface area contributed by atoms with Gasteiger partial charge in [-0.3, -0.25) is 4.79 Å². The third-order valence-electron chi connectivity index (χ3n) is 4.98. The Kier molecular flexibility index (Phi) is 6.84. The number of amides is 1. The Morgan fingerprint density at radius 3 is 2.64 bits per heavy atom. The Hall–Kier alpha value is -4.33. The van der Waals surface area contributed by atoms with E-state index in [0.717, 1.165) is 16.8 Å². The van der Waals surface area contributed by atoms with Crippen molar-refractivity contribution in [1.82, 2.24) is 15.0 Å². The van der Waals surface area contributed by atoms with Crippen LogP contribution in [0.4, 0.5) is 5.82 Å². The number of carbonyl (C=O) groups excluding carboxylic acids is 1. The first-order valence-corrected chi connectivity index (χ1v) is 10.4. The van der Waals surface area contributed by atoms with Gasteiger partial charge in [0.2, 0.25) is 5.88 Å². The van der Waals surface area contributed by atoms with Crippen molar-refractivity contribution in [3.63, 3.8) is 0 Å². The highest BCUT2D eigenvalue weighted by Crippen LogP contribution is 2.28. The van der Waals surface area contributed by atoms with Crippen LogP contribution in [0.5, 0.6) is 17.4 Å². The predicted molar refractivity (Wildman–Crippen MR) is 125 cm³/mol. The number of carbonyl (C=O) groups is 1. The molecule has 2 aromatic carbocycles. The molecule has 0 aliphatic carbocycles. The minimum atomic E-state index is -0.233. The van der Waals surface area contributed by atoms with Gasteiger partial charge in [-0.15, -0.1) is 0 Å². The SMILES string of the molecule is COc1ccc(CCOc2cccc(-c3cccc(C(=O)Nc4cnc[nH]4)c3)n2)cc1OC. The summed E-state index contributed by atoms with van der Waals surface area (Å²) in [6.45, 7) is 0.457. The molecule has 8 heteroatoms. The average molecular weight is 444 g/mol. The average Bonchev–Trinajstić information content (AvgIpc) is 3.37. The topological polar surface area (TPSA) is 98.4 Å². The zero-order valence-electron chi connectivity index (χ0n) is 18.4. The van der Waals surface area contributed by atoms with Crippen molar-refractivity contribution in [2.45, 2.75) is 6.42 Å². The second kappa shape index (κ2) is 10.3. The molecule has 33 heavy (non-hydrogen) atoms. The zero-order valence-corrected chi connectivity index (χ0v) is 18.4. The number of aromatic nitrogens is 3. The molecule has 4 rings (SSSR count).